The van der Waals surface area contributed by atoms with E-state index in [0.29, 0.717) is 47.3 Å². The van der Waals surface area contributed by atoms with Crippen molar-refractivity contribution >= 4 is 23.2 Å². The second-order valence-electron chi connectivity index (χ2n) is 7.88. The first-order valence-electron chi connectivity index (χ1n) is 10.2. The molecule has 0 aliphatic carbocycles. The van der Waals surface area contributed by atoms with Crippen LogP contribution < -0.4 is 4.74 Å². The number of methoxy groups -OCH3 is 1. The summed E-state index contributed by atoms with van der Waals surface area (Å²) < 4.78 is 22.5. The lowest BCUT2D eigenvalue weighted by Gasteiger charge is -2.26. The lowest BCUT2D eigenvalue weighted by molar-refractivity contribution is 0.0724. The highest BCUT2D eigenvalue weighted by Crippen LogP contribution is 2.34. The first kappa shape index (κ1) is 20.5. The molecule has 4 heterocycles. The lowest BCUT2D eigenvalue weighted by Crippen LogP contribution is -2.37. The zero-order valence-corrected chi connectivity index (χ0v) is 18.6. The van der Waals surface area contributed by atoms with Gasteiger partial charge >= 0.3 is 0 Å². The summed E-state index contributed by atoms with van der Waals surface area (Å²) in [5.74, 6) is 0.0597. The van der Waals surface area contributed by atoms with Crippen molar-refractivity contribution in [3.63, 3.8) is 0 Å². The number of carbonyl (C=O) groups is 1. The van der Waals surface area contributed by atoms with Gasteiger partial charge in [0.05, 0.1) is 30.7 Å². The van der Waals surface area contributed by atoms with E-state index >= 15 is 0 Å². The first-order chi connectivity index (χ1) is 15.4. The summed E-state index contributed by atoms with van der Waals surface area (Å²) in [5, 5.41) is 5.26. The number of hydrogen-bond donors (Lipinski definition) is 0. The van der Waals surface area contributed by atoms with Crippen LogP contribution >= 0.6 is 11.6 Å². The molecule has 1 aliphatic heterocycles. The predicted octanol–water partition coefficient (Wildman–Crippen LogP) is 4.04. The Labute approximate surface area is 189 Å². The number of halogens is 2. The Kier molecular flexibility index (Phi) is 4.89. The summed E-state index contributed by atoms with van der Waals surface area (Å²) in [6.07, 6.45) is 1.94. The number of hydrogen-bond acceptors (Lipinski definition) is 4. The van der Waals surface area contributed by atoms with Gasteiger partial charge in [0.1, 0.15) is 22.9 Å². The number of amides is 1. The van der Waals surface area contributed by atoms with E-state index in [1.165, 1.54) is 16.7 Å². The second kappa shape index (κ2) is 7.63. The van der Waals surface area contributed by atoms with Gasteiger partial charge in [-0.1, -0.05) is 11.6 Å². The molecule has 4 aromatic rings. The smallest absolute Gasteiger partial charge is 0.273 e. The van der Waals surface area contributed by atoms with Crippen molar-refractivity contribution in [1.29, 1.82) is 0 Å². The Morgan fingerprint density at radius 3 is 2.84 bits per heavy atom. The van der Waals surface area contributed by atoms with Gasteiger partial charge < -0.3 is 9.64 Å². The van der Waals surface area contributed by atoms with Crippen LogP contribution in [0.25, 0.3) is 16.9 Å². The minimum Gasteiger partial charge on any atom is -0.497 e. The maximum Gasteiger partial charge on any atom is 0.273 e. The molecule has 9 heteroatoms. The largest absolute Gasteiger partial charge is 0.497 e. The third-order valence-electron chi connectivity index (χ3n) is 5.83. The molecule has 0 saturated carbocycles. The molecule has 0 fully saturated rings. The highest BCUT2D eigenvalue weighted by molar-refractivity contribution is 6.31. The van der Waals surface area contributed by atoms with Crippen molar-refractivity contribution < 1.29 is 13.9 Å². The molecule has 0 atom stereocenters. The molecule has 1 aliphatic rings. The van der Waals surface area contributed by atoms with Gasteiger partial charge in [0.25, 0.3) is 5.91 Å². The van der Waals surface area contributed by atoms with Crippen LogP contribution in [0.2, 0.25) is 5.02 Å². The molecule has 0 bridgehead atoms. The van der Waals surface area contributed by atoms with Gasteiger partial charge in [-0.2, -0.15) is 5.10 Å². The molecule has 3 aromatic heterocycles. The van der Waals surface area contributed by atoms with Gasteiger partial charge in [-0.25, -0.2) is 9.37 Å². The molecule has 5 rings (SSSR count). The van der Waals surface area contributed by atoms with Crippen LogP contribution in [0.3, 0.4) is 0 Å². The van der Waals surface area contributed by atoms with E-state index in [2.05, 4.69) is 10.1 Å². The maximum atomic E-state index is 13.8. The lowest BCUT2D eigenvalue weighted by atomic mass is 9.99. The van der Waals surface area contributed by atoms with Gasteiger partial charge in [0.15, 0.2) is 0 Å². The van der Waals surface area contributed by atoms with Gasteiger partial charge in [-0.3, -0.25) is 13.9 Å². The zero-order valence-electron chi connectivity index (χ0n) is 17.9. The Morgan fingerprint density at radius 2 is 2.06 bits per heavy atom. The summed E-state index contributed by atoms with van der Waals surface area (Å²) in [6, 6.07) is 8.47. The molecule has 32 heavy (non-hydrogen) atoms. The number of imidazole rings is 1. The highest BCUT2D eigenvalue weighted by Gasteiger charge is 2.30. The van der Waals surface area contributed by atoms with Crippen molar-refractivity contribution in [2.24, 2.45) is 7.05 Å². The molecule has 164 valence electrons. The second-order valence-corrected chi connectivity index (χ2v) is 8.31. The number of aryl methyl sites for hydroxylation is 2. The van der Waals surface area contributed by atoms with Gasteiger partial charge in [0.2, 0.25) is 0 Å². The third kappa shape index (κ3) is 3.31. The molecule has 0 unspecified atom stereocenters. The Bertz CT molecular complexity index is 1380. The average molecular weight is 454 g/mol. The molecule has 1 aromatic carbocycles. The summed E-state index contributed by atoms with van der Waals surface area (Å²) in [6.45, 7) is 2.64. The SMILES string of the molecule is COc1cc(Cl)cc(-c2c3c(nn2C)CN(C(=O)c2c(C)nc4ccc(F)cn24)CC3)c1. The Morgan fingerprint density at radius 1 is 1.25 bits per heavy atom. The number of nitrogens with zero attached hydrogens (tertiary/aromatic N) is 5. The molecular weight excluding hydrogens is 433 g/mol. The van der Waals surface area contributed by atoms with Crippen molar-refractivity contribution in [3.05, 3.63) is 70.0 Å². The molecule has 1 amide bonds. The number of ether oxygens (including phenoxy) is 1. The molecular formula is C23H21ClFN5O2. The van der Waals surface area contributed by atoms with Crippen molar-refractivity contribution in [2.45, 2.75) is 19.9 Å². The number of fused-ring (bicyclic) bond motifs is 2. The van der Waals surface area contributed by atoms with Crippen molar-refractivity contribution in [2.75, 3.05) is 13.7 Å². The third-order valence-corrected chi connectivity index (χ3v) is 6.05. The standard InChI is InChI=1S/C23H21ClFN5O2/c1-13-21(30-11-16(25)4-5-20(30)26-13)23(31)29-7-6-18-19(12-29)27-28(2)22(18)14-8-15(24)10-17(9-14)32-3/h4-5,8-11H,6-7,12H2,1-3H3. The van der Waals surface area contributed by atoms with E-state index in [9.17, 15) is 9.18 Å². The van der Waals surface area contributed by atoms with Crippen LogP contribution in [0.5, 0.6) is 5.75 Å². The van der Waals surface area contributed by atoms with Crippen LogP contribution in [-0.2, 0) is 20.0 Å². The summed E-state index contributed by atoms with van der Waals surface area (Å²) in [4.78, 5) is 19.5. The van der Waals surface area contributed by atoms with Gasteiger partial charge in [-0.05, 0) is 43.7 Å². The molecule has 7 nitrogen and oxygen atoms in total. The van der Waals surface area contributed by atoms with Crippen molar-refractivity contribution in [3.8, 4) is 17.0 Å². The van der Waals surface area contributed by atoms with Crippen LogP contribution in [0.4, 0.5) is 4.39 Å². The fraction of sp³-hybridized carbons (Fsp3) is 0.261. The zero-order chi connectivity index (χ0) is 22.6. The predicted molar refractivity (Wildman–Crippen MR) is 119 cm³/mol. The fourth-order valence-electron chi connectivity index (χ4n) is 4.42. The van der Waals surface area contributed by atoms with Gasteiger partial charge in [0, 0.05) is 35.9 Å². The summed E-state index contributed by atoms with van der Waals surface area (Å²) in [5.41, 5.74) is 5.28. The topological polar surface area (TPSA) is 64.7 Å². The fourth-order valence-corrected chi connectivity index (χ4v) is 4.64. The molecule has 0 saturated heterocycles. The number of carbonyl (C=O) groups excluding carboxylic acids is 1. The highest BCUT2D eigenvalue weighted by atomic mass is 35.5. The minimum atomic E-state index is -0.420. The molecule has 0 spiro atoms. The molecule has 0 radical (unpaired) electrons. The molecule has 0 N–H and O–H groups in total. The van der Waals surface area contributed by atoms with E-state index in [1.54, 1.807) is 31.1 Å². The van der Waals surface area contributed by atoms with E-state index in [-0.39, 0.29) is 5.91 Å². The van der Waals surface area contributed by atoms with Crippen LogP contribution in [0.1, 0.15) is 27.4 Å². The normalized spacial score (nSPS) is 13.5. The number of benzene rings is 1. The number of pyridine rings is 1. The van der Waals surface area contributed by atoms with Gasteiger partial charge in [-0.15, -0.1) is 0 Å². The monoisotopic (exact) mass is 453 g/mol. The van der Waals surface area contributed by atoms with Crippen molar-refractivity contribution in [1.82, 2.24) is 24.1 Å². The average Bonchev–Trinajstić information content (AvgIpc) is 3.26. The van der Waals surface area contributed by atoms with E-state index in [0.717, 1.165) is 22.5 Å². The van der Waals surface area contributed by atoms with E-state index in [4.69, 9.17) is 16.3 Å². The van der Waals surface area contributed by atoms with Crippen LogP contribution in [0, 0.1) is 12.7 Å². The van der Waals surface area contributed by atoms with Crippen LogP contribution in [-0.4, -0.2) is 43.6 Å². The summed E-state index contributed by atoms with van der Waals surface area (Å²) >= 11 is 6.28. The quantitative estimate of drug-likeness (QED) is 0.469. The first-order valence-corrected chi connectivity index (χ1v) is 10.6. The van der Waals surface area contributed by atoms with E-state index < -0.39 is 5.82 Å². The van der Waals surface area contributed by atoms with Crippen LogP contribution in [0.15, 0.2) is 36.5 Å². The summed E-state index contributed by atoms with van der Waals surface area (Å²) in [7, 11) is 3.48. The Hall–Kier alpha value is -3.39. The number of aromatic nitrogens is 4. The Balaban J connectivity index is 1.50. The minimum absolute atomic E-state index is 0.192. The maximum absolute atomic E-state index is 13.8. The van der Waals surface area contributed by atoms with E-state index in [1.807, 2.05) is 23.9 Å². The number of rotatable bonds is 3.